The van der Waals surface area contributed by atoms with Crippen molar-refractivity contribution in [2.45, 2.75) is 12.8 Å². The normalized spacial score (nSPS) is 14.0. The molecule has 0 N–H and O–H groups in total. The Kier molecular flexibility index (Phi) is 2.32. The number of aryl methyl sites for hydroxylation is 2. The van der Waals surface area contributed by atoms with E-state index in [1.54, 1.807) is 0 Å². The van der Waals surface area contributed by atoms with E-state index >= 15 is 0 Å². The molecular formula is C21H17N. The van der Waals surface area contributed by atoms with Crippen LogP contribution < -0.4 is 0 Å². The average molecular weight is 283 g/mol. The van der Waals surface area contributed by atoms with Crippen LogP contribution in [0.15, 0.2) is 54.6 Å². The van der Waals surface area contributed by atoms with E-state index in [0.29, 0.717) is 0 Å². The second kappa shape index (κ2) is 4.23. The first-order valence-corrected chi connectivity index (χ1v) is 7.91. The van der Waals surface area contributed by atoms with Crippen molar-refractivity contribution >= 4 is 38.7 Å². The summed E-state index contributed by atoms with van der Waals surface area (Å²) in [5, 5.41) is 5.40. The summed E-state index contributed by atoms with van der Waals surface area (Å²) in [5.74, 6) is 0. The van der Waals surface area contributed by atoms with Crippen molar-refractivity contribution in [3.05, 3.63) is 65.7 Å². The second-order valence-electron chi connectivity index (χ2n) is 6.28. The van der Waals surface area contributed by atoms with E-state index in [9.17, 15) is 0 Å². The second-order valence-corrected chi connectivity index (χ2v) is 6.28. The number of hydrogen-bond acceptors (Lipinski definition) is 0. The molecule has 1 aromatic heterocycles. The quantitative estimate of drug-likeness (QED) is 0.405. The standard InChI is InChI=1S/C21H17N/c1-22-20-9-5-4-8-18(20)19-12-16-10-14-6-2-3-7-15(14)11-17(16)13-21(19)22/h3-5,7-13H,2,6H2,1H3. The van der Waals surface area contributed by atoms with Crippen LogP contribution in [0.5, 0.6) is 0 Å². The molecule has 1 heterocycles. The van der Waals surface area contributed by atoms with Crippen molar-refractivity contribution in [3.63, 3.8) is 0 Å². The Morgan fingerprint density at radius 1 is 0.864 bits per heavy atom. The maximum Gasteiger partial charge on any atom is 0.0495 e. The molecule has 5 rings (SSSR count). The van der Waals surface area contributed by atoms with Crippen molar-refractivity contribution in [1.82, 2.24) is 4.57 Å². The van der Waals surface area contributed by atoms with Crippen molar-refractivity contribution in [2.24, 2.45) is 7.05 Å². The monoisotopic (exact) mass is 283 g/mol. The lowest BCUT2D eigenvalue weighted by atomic mass is 9.93. The van der Waals surface area contributed by atoms with Crippen LogP contribution in [0.4, 0.5) is 0 Å². The summed E-state index contributed by atoms with van der Waals surface area (Å²) < 4.78 is 2.30. The molecule has 0 saturated carbocycles. The number of fused-ring (bicyclic) bond motifs is 5. The van der Waals surface area contributed by atoms with Gasteiger partial charge in [0.1, 0.15) is 0 Å². The Labute approximate surface area is 129 Å². The molecule has 0 radical (unpaired) electrons. The Morgan fingerprint density at radius 2 is 1.73 bits per heavy atom. The summed E-state index contributed by atoms with van der Waals surface area (Å²) in [6.07, 6.45) is 6.87. The fraction of sp³-hybridized carbons (Fsp3) is 0.143. The molecule has 0 amide bonds. The zero-order valence-corrected chi connectivity index (χ0v) is 12.6. The first-order valence-electron chi connectivity index (χ1n) is 7.91. The van der Waals surface area contributed by atoms with Crippen LogP contribution >= 0.6 is 0 Å². The Balaban J connectivity index is 1.95. The molecule has 0 spiro atoms. The Hall–Kier alpha value is -2.54. The first kappa shape index (κ1) is 12.0. The molecule has 22 heavy (non-hydrogen) atoms. The van der Waals surface area contributed by atoms with Gasteiger partial charge in [-0.3, -0.25) is 0 Å². The number of aromatic nitrogens is 1. The highest BCUT2D eigenvalue weighted by Crippen LogP contribution is 2.33. The molecule has 3 aromatic carbocycles. The van der Waals surface area contributed by atoms with Gasteiger partial charge in [-0.25, -0.2) is 0 Å². The molecule has 0 aliphatic heterocycles. The third kappa shape index (κ3) is 1.54. The summed E-state index contributed by atoms with van der Waals surface area (Å²) in [6.45, 7) is 0. The van der Waals surface area contributed by atoms with Gasteiger partial charge in [-0.1, -0.05) is 36.4 Å². The highest BCUT2D eigenvalue weighted by molar-refractivity contribution is 6.12. The number of nitrogens with zero attached hydrogens (tertiary/aromatic N) is 1. The van der Waals surface area contributed by atoms with Gasteiger partial charge in [0.15, 0.2) is 0 Å². The minimum atomic E-state index is 1.16. The third-order valence-corrected chi connectivity index (χ3v) is 5.01. The lowest BCUT2D eigenvalue weighted by molar-refractivity contribution is 0.989. The van der Waals surface area contributed by atoms with E-state index in [4.69, 9.17) is 0 Å². The maximum absolute atomic E-state index is 2.38. The largest absolute Gasteiger partial charge is 0.344 e. The minimum Gasteiger partial charge on any atom is -0.344 e. The first-order chi connectivity index (χ1) is 10.8. The van der Waals surface area contributed by atoms with Gasteiger partial charge in [0, 0.05) is 28.9 Å². The van der Waals surface area contributed by atoms with Crippen molar-refractivity contribution in [1.29, 1.82) is 0 Å². The molecular weight excluding hydrogens is 266 g/mol. The zero-order chi connectivity index (χ0) is 14.7. The van der Waals surface area contributed by atoms with Crippen LogP contribution in [-0.2, 0) is 13.5 Å². The van der Waals surface area contributed by atoms with E-state index in [0.717, 1.165) is 12.8 Å². The van der Waals surface area contributed by atoms with Gasteiger partial charge in [0.05, 0.1) is 0 Å². The van der Waals surface area contributed by atoms with E-state index in [-0.39, 0.29) is 0 Å². The molecule has 0 bridgehead atoms. The predicted molar refractivity (Wildman–Crippen MR) is 95.3 cm³/mol. The minimum absolute atomic E-state index is 1.16. The zero-order valence-electron chi connectivity index (χ0n) is 12.6. The van der Waals surface area contributed by atoms with Crippen LogP contribution in [-0.4, -0.2) is 4.57 Å². The SMILES string of the molecule is Cn1c2ccccc2c2cc3cc4c(cc3cc21)C=CCC4. The Morgan fingerprint density at radius 3 is 2.68 bits per heavy atom. The summed E-state index contributed by atoms with van der Waals surface area (Å²) in [6, 6.07) is 18.1. The maximum atomic E-state index is 2.38. The highest BCUT2D eigenvalue weighted by atomic mass is 14.9. The van der Waals surface area contributed by atoms with E-state index in [1.165, 1.54) is 43.7 Å². The summed E-state index contributed by atoms with van der Waals surface area (Å²) in [4.78, 5) is 0. The van der Waals surface area contributed by atoms with Gasteiger partial charge in [0.2, 0.25) is 0 Å². The van der Waals surface area contributed by atoms with Crippen LogP contribution in [0.25, 0.3) is 38.7 Å². The summed E-state index contributed by atoms with van der Waals surface area (Å²) in [7, 11) is 2.16. The van der Waals surface area contributed by atoms with Crippen molar-refractivity contribution in [2.75, 3.05) is 0 Å². The molecule has 1 aliphatic carbocycles. The molecule has 4 aromatic rings. The van der Waals surface area contributed by atoms with Crippen LogP contribution in [0.3, 0.4) is 0 Å². The average Bonchev–Trinajstić information content (AvgIpc) is 2.84. The van der Waals surface area contributed by atoms with Crippen LogP contribution in [0, 0.1) is 0 Å². The Bertz CT molecular complexity index is 1080. The van der Waals surface area contributed by atoms with Gasteiger partial charge in [-0.2, -0.15) is 0 Å². The fourth-order valence-electron chi connectivity index (χ4n) is 3.84. The number of allylic oxidation sites excluding steroid dienone is 1. The topological polar surface area (TPSA) is 4.93 Å². The predicted octanol–water partition coefficient (Wildman–Crippen LogP) is 5.44. The van der Waals surface area contributed by atoms with Crippen molar-refractivity contribution in [3.8, 4) is 0 Å². The molecule has 0 saturated heterocycles. The van der Waals surface area contributed by atoms with Gasteiger partial charge < -0.3 is 4.57 Å². The van der Waals surface area contributed by atoms with E-state index in [1.807, 2.05) is 0 Å². The van der Waals surface area contributed by atoms with Crippen LogP contribution in [0.2, 0.25) is 0 Å². The van der Waals surface area contributed by atoms with Gasteiger partial charge in [-0.15, -0.1) is 0 Å². The van der Waals surface area contributed by atoms with Gasteiger partial charge >= 0.3 is 0 Å². The third-order valence-electron chi connectivity index (χ3n) is 5.01. The van der Waals surface area contributed by atoms with Crippen LogP contribution in [0.1, 0.15) is 17.5 Å². The summed E-state index contributed by atoms with van der Waals surface area (Å²) in [5.41, 5.74) is 5.48. The molecule has 1 nitrogen and oxygen atoms in total. The van der Waals surface area contributed by atoms with Gasteiger partial charge in [0.25, 0.3) is 0 Å². The number of hydrogen-bond donors (Lipinski definition) is 0. The summed E-state index contributed by atoms with van der Waals surface area (Å²) >= 11 is 0. The number of benzene rings is 3. The molecule has 0 unspecified atom stereocenters. The molecule has 106 valence electrons. The van der Waals surface area contributed by atoms with E-state index in [2.05, 4.69) is 72.3 Å². The molecule has 0 atom stereocenters. The molecule has 1 heteroatoms. The lowest BCUT2D eigenvalue weighted by Gasteiger charge is -2.12. The fourth-order valence-corrected chi connectivity index (χ4v) is 3.84. The number of rotatable bonds is 0. The molecule has 1 aliphatic rings. The number of para-hydroxylation sites is 1. The molecule has 0 fully saturated rings. The lowest BCUT2D eigenvalue weighted by Crippen LogP contribution is -1.94. The highest BCUT2D eigenvalue weighted by Gasteiger charge is 2.11. The van der Waals surface area contributed by atoms with E-state index < -0.39 is 0 Å². The smallest absolute Gasteiger partial charge is 0.0495 e. The van der Waals surface area contributed by atoms with Crippen molar-refractivity contribution < 1.29 is 0 Å². The van der Waals surface area contributed by atoms with Gasteiger partial charge in [-0.05, 0) is 59.0 Å².